The molecule has 1 saturated heterocycles. The van der Waals surface area contributed by atoms with Crippen LogP contribution in [0.25, 0.3) is 0 Å². The fraction of sp³-hybridized carbons (Fsp3) is 0.571. The van der Waals surface area contributed by atoms with Crippen molar-refractivity contribution in [1.29, 1.82) is 0 Å². The Balaban J connectivity index is 1.77. The molecule has 2 rings (SSSR count). The van der Waals surface area contributed by atoms with Crippen molar-refractivity contribution in [2.75, 3.05) is 26.2 Å². The Morgan fingerprint density at radius 2 is 2.00 bits per heavy atom. The first kappa shape index (κ1) is 13.1. The highest BCUT2D eigenvalue weighted by Crippen LogP contribution is 2.22. The summed E-state index contributed by atoms with van der Waals surface area (Å²) >= 11 is 3.60. The van der Waals surface area contributed by atoms with E-state index in [1.165, 1.54) is 42.5 Å². The third-order valence-corrected chi connectivity index (χ3v) is 4.17. The average Bonchev–Trinajstić information content (AvgIpc) is 2.82. The Labute approximate surface area is 113 Å². The molecule has 1 atom stereocenters. The van der Waals surface area contributed by atoms with Crippen LogP contribution in [0.1, 0.15) is 31.4 Å². The Morgan fingerprint density at radius 3 is 2.71 bits per heavy atom. The van der Waals surface area contributed by atoms with E-state index < -0.39 is 0 Å². The summed E-state index contributed by atoms with van der Waals surface area (Å²) in [6.07, 6.45) is 2.75. The summed E-state index contributed by atoms with van der Waals surface area (Å²) in [6, 6.07) is 8.85. The molecule has 3 heteroatoms. The van der Waals surface area contributed by atoms with Gasteiger partial charge in [-0.15, -0.1) is 0 Å². The minimum Gasteiger partial charge on any atom is -0.309 e. The van der Waals surface area contributed by atoms with E-state index in [9.17, 15) is 0 Å². The zero-order valence-corrected chi connectivity index (χ0v) is 12.0. The van der Waals surface area contributed by atoms with E-state index in [4.69, 9.17) is 0 Å². The quantitative estimate of drug-likeness (QED) is 0.898. The van der Waals surface area contributed by atoms with Crippen LogP contribution in [0.2, 0.25) is 0 Å². The molecule has 1 N–H and O–H groups in total. The van der Waals surface area contributed by atoms with Crippen LogP contribution >= 0.6 is 15.9 Å². The molecule has 0 unspecified atom stereocenters. The summed E-state index contributed by atoms with van der Waals surface area (Å²) in [4.78, 5) is 2.54. The maximum absolute atomic E-state index is 3.60. The number of hydrogen-bond donors (Lipinski definition) is 1. The number of nitrogens with zero attached hydrogens (tertiary/aromatic N) is 1. The van der Waals surface area contributed by atoms with Gasteiger partial charge >= 0.3 is 0 Å². The molecule has 0 amide bonds. The summed E-state index contributed by atoms with van der Waals surface area (Å²) < 4.78 is 1.20. The molecule has 0 aliphatic carbocycles. The summed E-state index contributed by atoms with van der Waals surface area (Å²) in [5.41, 5.74) is 1.34. The van der Waals surface area contributed by atoms with Gasteiger partial charge in [0, 0.05) is 23.6 Å². The second-order valence-corrected chi connectivity index (χ2v) is 5.60. The van der Waals surface area contributed by atoms with Crippen molar-refractivity contribution < 1.29 is 0 Å². The maximum atomic E-state index is 3.60. The molecule has 0 radical (unpaired) electrons. The van der Waals surface area contributed by atoms with Gasteiger partial charge in [-0.05, 0) is 44.5 Å². The van der Waals surface area contributed by atoms with Crippen molar-refractivity contribution in [3.63, 3.8) is 0 Å². The zero-order chi connectivity index (χ0) is 12.1. The van der Waals surface area contributed by atoms with E-state index in [-0.39, 0.29) is 0 Å². The van der Waals surface area contributed by atoms with Crippen LogP contribution in [-0.2, 0) is 0 Å². The molecule has 17 heavy (non-hydrogen) atoms. The van der Waals surface area contributed by atoms with E-state index in [0.29, 0.717) is 6.04 Å². The Morgan fingerprint density at radius 1 is 1.29 bits per heavy atom. The average molecular weight is 297 g/mol. The van der Waals surface area contributed by atoms with Gasteiger partial charge in [-0.3, -0.25) is 0 Å². The van der Waals surface area contributed by atoms with Crippen molar-refractivity contribution in [3.8, 4) is 0 Å². The summed E-state index contributed by atoms with van der Waals surface area (Å²) in [7, 11) is 0. The second kappa shape index (κ2) is 6.53. The van der Waals surface area contributed by atoms with E-state index in [2.05, 4.69) is 57.3 Å². The minimum atomic E-state index is 0.410. The molecule has 1 aromatic rings. The lowest BCUT2D eigenvalue weighted by atomic mass is 10.1. The van der Waals surface area contributed by atoms with Crippen molar-refractivity contribution in [2.24, 2.45) is 0 Å². The fourth-order valence-electron chi connectivity index (χ4n) is 2.38. The number of nitrogens with one attached hydrogen (secondary N) is 1. The minimum absolute atomic E-state index is 0.410. The third-order valence-electron chi connectivity index (χ3n) is 3.45. The van der Waals surface area contributed by atoms with Crippen LogP contribution in [0.3, 0.4) is 0 Å². The van der Waals surface area contributed by atoms with Gasteiger partial charge in [0.15, 0.2) is 0 Å². The molecular weight excluding hydrogens is 276 g/mol. The first-order valence-corrected chi connectivity index (χ1v) is 7.27. The molecule has 0 spiro atoms. The summed E-state index contributed by atoms with van der Waals surface area (Å²) in [5.74, 6) is 0. The monoisotopic (exact) mass is 296 g/mol. The van der Waals surface area contributed by atoms with Crippen LogP contribution in [0.4, 0.5) is 0 Å². The van der Waals surface area contributed by atoms with E-state index in [0.717, 1.165) is 6.54 Å². The van der Waals surface area contributed by atoms with E-state index in [1.807, 2.05) is 0 Å². The van der Waals surface area contributed by atoms with Gasteiger partial charge in [0.1, 0.15) is 0 Å². The van der Waals surface area contributed by atoms with E-state index >= 15 is 0 Å². The molecule has 1 aliphatic heterocycles. The Bertz CT molecular complexity index is 348. The highest BCUT2D eigenvalue weighted by atomic mass is 79.9. The first-order chi connectivity index (χ1) is 8.27. The lowest BCUT2D eigenvalue weighted by molar-refractivity contribution is 0.329. The Kier molecular flexibility index (Phi) is 5.01. The van der Waals surface area contributed by atoms with Crippen LogP contribution in [-0.4, -0.2) is 31.1 Å². The van der Waals surface area contributed by atoms with Gasteiger partial charge in [-0.1, -0.05) is 34.1 Å². The maximum Gasteiger partial charge on any atom is 0.0303 e. The highest BCUT2D eigenvalue weighted by Gasteiger charge is 2.12. The molecule has 0 saturated carbocycles. The van der Waals surface area contributed by atoms with Gasteiger partial charge in [-0.2, -0.15) is 0 Å². The predicted molar refractivity (Wildman–Crippen MR) is 76.2 cm³/mol. The molecule has 0 aromatic heterocycles. The van der Waals surface area contributed by atoms with Crippen LogP contribution in [0, 0.1) is 0 Å². The van der Waals surface area contributed by atoms with Crippen LogP contribution < -0.4 is 5.32 Å². The van der Waals surface area contributed by atoms with Crippen molar-refractivity contribution in [2.45, 2.75) is 25.8 Å². The normalized spacial score (nSPS) is 18.5. The van der Waals surface area contributed by atoms with Crippen LogP contribution in [0.15, 0.2) is 28.7 Å². The van der Waals surface area contributed by atoms with Crippen molar-refractivity contribution >= 4 is 15.9 Å². The lowest BCUT2D eigenvalue weighted by Crippen LogP contribution is -2.31. The number of hydrogen-bond acceptors (Lipinski definition) is 2. The van der Waals surface area contributed by atoms with Gasteiger partial charge in [-0.25, -0.2) is 0 Å². The smallest absolute Gasteiger partial charge is 0.0303 e. The third kappa shape index (κ3) is 3.80. The predicted octanol–water partition coefficient (Wildman–Crippen LogP) is 3.20. The number of rotatable bonds is 5. The van der Waals surface area contributed by atoms with Gasteiger partial charge < -0.3 is 10.2 Å². The number of halogens is 1. The second-order valence-electron chi connectivity index (χ2n) is 4.75. The molecule has 0 bridgehead atoms. The standard InChI is InChI=1S/C14H21BrN2/c1-12(13-6-2-3-7-14(13)15)16-8-11-17-9-4-5-10-17/h2-3,6-7,12,16H,4-5,8-11H2,1H3/t12-/m0/s1. The lowest BCUT2D eigenvalue weighted by Gasteiger charge is -2.19. The molecule has 94 valence electrons. The molecule has 2 nitrogen and oxygen atoms in total. The van der Waals surface area contributed by atoms with Gasteiger partial charge in [0.05, 0.1) is 0 Å². The SMILES string of the molecule is C[C@H](NCCN1CCCC1)c1ccccc1Br. The summed E-state index contributed by atoms with van der Waals surface area (Å²) in [5, 5.41) is 3.59. The fourth-order valence-corrected chi connectivity index (χ4v) is 3.01. The van der Waals surface area contributed by atoms with Gasteiger partial charge in [0.2, 0.25) is 0 Å². The highest BCUT2D eigenvalue weighted by molar-refractivity contribution is 9.10. The summed E-state index contributed by atoms with van der Waals surface area (Å²) in [6.45, 7) is 7.04. The number of benzene rings is 1. The van der Waals surface area contributed by atoms with Crippen molar-refractivity contribution in [1.82, 2.24) is 10.2 Å². The topological polar surface area (TPSA) is 15.3 Å². The first-order valence-electron chi connectivity index (χ1n) is 6.47. The molecule has 1 aliphatic rings. The molecule has 1 aromatic carbocycles. The van der Waals surface area contributed by atoms with Crippen LogP contribution in [0.5, 0.6) is 0 Å². The molecular formula is C14H21BrN2. The largest absolute Gasteiger partial charge is 0.309 e. The van der Waals surface area contributed by atoms with Crippen molar-refractivity contribution in [3.05, 3.63) is 34.3 Å². The molecule has 1 heterocycles. The number of likely N-dealkylation sites (tertiary alicyclic amines) is 1. The molecule has 1 fully saturated rings. The Hall–Kier alpha value is -0.380. The van der Waals surface area contributed by atoms with Gasteiger partial charge in [0.25, 0.3) is 0 Å². The zero-order valence-electron chi connectivity index (χ0n) is 10.5. The van der Waals surface area contributed by atoms with E-state index in [1.54, 1.807) is 0 Å².